The van der Waals surface area contributed by atoms with Gasteiger partial charge in [-0.15, -0.1) is 0 Å². The molecule has 0 spiro atoms. The quantitative estimate of drug-likeness (QED) is 0.916. The zero-order valence-corrected chi connectivity index (χ0v) is 15.0. The number of pyridine rings is 1. The Morgan fingerprint density at radius 2 is 2.04 bits per heavy atom. The first-order chi connectivity index (χ1) is 12.6. The van der Waals surface area contributed by atoms with E-state index in [2.05, 4.69) is 4.98 Å². The molecule has 1 atom stereocenters. The van der Waals surface area contributed by atoms with E-state index < -0.39 is 0 Å². The van der Waals surface area contributed by atoms with Crippen LogP contribution in [0.4, 0.5) is 5.82 Å². The first-order valence-electron chi connectivity index (χ1n) is 8.92. The minimum absolute atomic E-state index is 0.00617. The number of nitrogens with two attached hydrogens (primary N) is 1. The molecular formula is C20H24N4O2. The van der Waals surface area contributed by atoms with Gasteiger partial charge in [0.2, 0.25) is 5.91 Å². The summed E-state index contributed by atoms with van der Waals surface area (Å²) < 4.78 is 0. The Hall–Kier alpha value is -2.89. The summed E-state index contributed by atoms with van der Waals surface area (Å²) in [5.41, 5.74) is 7.30. The van der Waals surface area contributed by atoms with Crippen LogP contribution in [0.15, 0.2) is 48.7 Å². The maximum Gasteiger partial charge on any atom is 0.254 e. The summed E-state index contributed by atoms with van der Waals surface area (Å²) in [5, 5.41) is 0. The summed E-state index contributed by atoms with van der Waals surface area (Å²) in [6.45, 7) is 3.56. The van der Waals surface area contributed by atoms with Crippen LogP contribution in [0, 0.1) is 0 Å². The number of anilines is 1. The van der Waals surface area contributed by atoms with E-state index in [1.807, 2.05) is 42.2 Å². The second kappa shape index (κ2) is 7.99. The highest BCUT2D eigenvalue weighted by Gasteiger charge is 2.31. The predicted octanol–water partition coefficient (Wildman–Crippen LogP) is 2.32. The molecule has 2 amide bonds. The van der Waals surface area contributed by atoms with Crippen LogP contribution in [0.5, 0.6) is 0 Å². The molecule has 0 aliphatic carbocycles. The average molecular weight is 352 g/mol. The Labute approximate surface area is 153 Å². The minimum Gasteiger partial charge on any atom is -0.384 e. The average Bonchev–Trinajstić information content (AvgIpc) is 2.81. The van der Waals surface area contributed by atoms with Gasteiger partial charge in [0.05, 0.1) is 0 Å². The number of nitrogens with zero attached hydrogens (tertiary/aromatic N) is 3. The summed E-state index contributed by atoms with van der Waals surface area (Å²) in [7, 11) is 0. The number of carbonyl (C=O) groups is 2. The first-order valence-corrected chi connectivity index (χ1v) is 8.92. The van der Waals surface area contributed by atoms with Gasteiger partial charge in [-0.25, -0.2) is 4.98 Å². The Kier molecular flexibility index (Phi) is 5.51. The SMILES string of the molecule is CC[C@H]1CN(C(=O)c2ccnc(N)c2)CCC(=O)N1Cc1ccccc1. The summed E-state index contributed by atoms with van der Waals surface area (Å²) >= 11 is 0. The predicted molar refractivity (Wildman–Crippen MR) is 100 cm³/mol. The van der Waals surface area contributed by atoms with Crippen LogP contribution in [0.3, 0.4) is 0 Å². The van der Waals surface area contributed by atoms with E-state index in [9.17, 15) is 9.59 Å². The van der Waals surface area contributed by atoms with Crippen LogP contribution in [-0.4, -0.2) is 45.7 Å². The standard InChI is InChI=1S/C20H24N4O2/c1-2-17-14-23(20(26)16-8-10-22-18(21)12-16)11-9-19(25)24(17)13-15-6-4-3-5-7-15/h3-8,10,12,17H,2,9,11,13-14H2,1H3,(H2,21,22)/t17-/m0/s1. The van der Waals surface area contributed by atoms with Gasteiger partial charge in [0.1, 0.15) is 5.82 Å². The summed E-state index contributed by atoms with van der Waals surface area (Å²) in [6, 6.07) is 13.2. The molecule has 1 saturated heterocycles. The highest BCUT2D eigenvalue weighted by Crippen LogP contribution is 2.19. The molecular weight excluding hydrogens is 328 g/mol. The summed E-state index contributed by atoms with van der Waals surface area (Å²) in [6.07, 6.45) is 2.65. The zero-order chi connectivity index (χ0) is 18.5. The van der Waals surface area contributed by atoms with E-state index in [1.54, 1.807) is 17.0 Å². The van der Waals surface area contributed by atoms with Crippen molar-refractivity contribution in [3.63, 3.8) is 0 Å². The van der Waals surface area contributed by atoms with Crippen molar-refractivity contribution in [1.29, 1.82) is 0 Å². The topological polar surface area (TPSA) is 79.5 Å². The third-order valence-electron chi connectivity index (χ3n) is 4.77. The molecule has 1 fully saturated rings. The van der Waals surface area contributed by atoms with Gasteiger partial charge in [-0.05, 0) is 24.1 Å². The van der Waals surface area contributed by atoms with Crippen molar-refractivity contribution >= 4 is 17.6 Å². The molecule has 0 bridgehead atoms. The van der Waals surface area contributed by atoms with Crippen molar-refractivity contribution in [1.82, 2.24) is 14.8 Å². The van der Waals surface area contributed by atoms with Crippen LogP contribution in [-0.2, 0) is 11.3 Å². The minimum atomic E-state index is -0.105. The fourth-order valence-corrected chi connectivity index (χ4v) is 3.32. The van der Waals surface area contributed by atoms with Crippen molar-refractivity contribution in [2.75, 3.05) is 18.8 Å². The maximum absolute atomic E-state index is 12.9. The normalized spacial score (nSPS) is 17.9. The van der Waals surface area contributed by atoms with E-state index in [-0.39, 0.29) is 17.9 Å². The molecule has 136 valence electrons. The van der Waals surface area contributed by atoms with Crippen molar-refractivity contribution < 1.29 is 9.59 Å². The molecule has 1 aromatic heterocycles. The third-order valence-corrected chi connectivity index (χ3v) is 4.77. The first kappa shape index (κ1) is 17.9. The highest BCUT2D eigenvalue weighted by atomic mass is 16.2. The van der Waals surface area contributed by atoms with Gasteiger partial charge in [-0.2, -0.15) is 0 Å². The number of nitrogen functional groups attached to an aromatic ring is 1. The lowest BCUT2D eigenvalue weighted by Gasteiger charge is -2.31. The van der Waals surface area contributed by atoms with Crippen molar-refractivity contribution in [3.8, 4) is 0 Å². The number of hydrogen-bond acceptors (Lipinski definition) is 4. The number of hydrogen-bond donors (Lipinski definition) is 1. The van der Waals surface area contributed by atoms with Gasteiger partial charge in [-0.3, -0.25) is 9.59 Å². The lowest BCUT2D eigenvalue weighted by Crippen LogP contribution is -2.43. The molecule has 1 aliphatic rings. The molecule has 2 heterocycles. The van der Waals surface area contributed by atoms with Crippen molar-refractivity contribution in [3.05, 3.63) is 59.8 Å². The molecule has 2 aromatic rings. The number of rotatable bonds is 4. The smallest absolute Gasteiger partial charge is 0.254 e. The molecule has 3 rings (SSSR count). The van der Waals surface area contributed by atoms with Crippen LogP contribution >= 0.6 is 0 Å². The summed E-state index contributed by atoms with van der Waals surface area (Å²) in [5.74, 6) is 0.302. The number of amides is 2. The third kappa shape index (κ3) is 4.02. The largest absolute Gasteiger partial charge is 0.384 e. The second-order valence-corrected chi connectivity index (χ2v) is 6.54. The Balaban J connectivity index is 1.78. The monoisotopic (exact) mass is 352 g/mol. The molecule has 6 nitrogen and oxygen atoms in total. The van der Waals surface area contributed by atoms with Crippen LogP contribution in [0.2, 0.25) is 0 Å². The van der Waals surface area contributed by atoms with Gasteiger partial charge >= 0.3 is 0 Å². The van der Waals surface area contributed by atoms with Gasteiger partial charge < -0.3 is 15.5 Å². The van der Waals surface area contributed by atoms with Crippen molar-refractivity contribution in [2.45, 2.75) is 32.4 Å². The van der Waals surface area contributed by atoms with Crippen LogP contribution in [0.25, 0.3) is 0 Å². The fraction of sp³-hybridized carbons (Fsp3) is 0.350. The molecule has 2 N–H and O–H groups in total. The van der Waals surface area contributed by atoms with Gasteiger partial charge in [0, 0.05) is 43.9 Å². The zero-order valence-electron chi connectivity index (χ0n) is 15.0. The molecule has 0 saturated carbocycles. The van der Waals surface area contributed by atoms with E-state index in [1.165, 1.54) is 6.20 Å². The molecule has 1 aromatic carbocycles. The van der Waals surface area contributed by atoms with Crippen molar-refractivity contribution in [2.24, 2.45) is 0 Å². The van der Waals surface area contributed by atoms with E-state index in [0.717, 1.165) is 12.0 Å². The van der Waals surface area contributed by atoms with E-state index in [0.29, 0.717) is 37.4 Å². The molecule has 26 heavy (non-hydrogen) atoms. The number of carbonyl (C=O) groups excluding carboxylic acids is 2. The Morgan fingerprint density at radius 3 is 2.73 bits per heavy atom. The fourth-order valence-electron chi connectivity index (χ4n) is 3.32. The Morgan fingerprint density at radius 1 is 1.27 bits per heavy atom. The lowest BCUT2D eigenvalue weighted by molar-refractivity contribution is -0.133. The van der Waals surface area contributed by atoms with Crippen LogP contribution < -0.4 is 5.73 Å². The maximum atomic E-state index is 12.9. The Bertz CT molecular complexity index is 778. The number of benzene rings is 1. The molecule has 0 radical (unpaired) electrons. The second-order valence-electron chi connectivity index (χ2n) is 6.54. The van der Waals surface area contributed by atoms with Gasteiger partial charge in [-0.1, -0.05) is 37.3 Å². The number of aromatic nitrogens is 1. The van der Waals surface area contributed by atoms with Crippen LogP contribution in [0.1, 0.15) is 35.7 Å². The van der Waals surface area contributed by atoms with Gasteiger partial charge in [0.15, 0.2) is 0 Å². The lowest BCUT2D eigenvalue weighted by atomic mass is 10.1. The molecule has 1 aliphatic heterocycles. The van der Waals surface area contributed by atoms with E-state index >= 15 is 0 Å². The highest BCUT2D eigenvalue weighted by molar-refractivity contribution is 5.95. The van der Waals surface area contributed by atoms with E-state index in [4.69, 9.17) is 5.73 Å². The molecule has 6 heteroatoms. The summed E-state index contributed by atoms with van der Waals surface area (Å²) in [4.78, 5) is 33.2. The van der Waals surface area contributed by atoms with Gasteiger partial charge in [0.25, 0.3) is 5.91 Å². The molecule has 0 unspecified atom stereocenters.